The summed E-state index contributed by atoms with van der Waals surface area (Å²) in [6.45, 7) is 1.69. The number of nitrogens with zero attached hydrogens (tertiary/aromatic N) is 2. The summed E-state index contributed by atoms with van der Waals surface area (Å²) in [7, 11) is 0. The van der Waals surface area contributed by atoms with Gasteiger partial charge in [-0.05, 0) is 18.1 Å². The van der Waals surface area contributed by atoms with Crippen molar-refractivity contribution < 1.29 is 9.90 Å². The highest BCUT2D eigenvalue weighted by molar-refractivity contribution is 5.82. The third-order valence-corrected chi connectivity index (χ3v) is 2.58. The van der Waals surface area contributed by atoms with Crippen molar-refractivity contribution in [1.82, 2.24) is 10.2 Å². The second-order valence-corrected chi connectivity index (χ2v) is 3.83. The largest absolute Gasteiger partial charge is 0.481 e. The van der Waals surface area contributed by atoms with Gasteiger partial charge >= 0.3 is 5.97 Å². The van der Waals surface area contributed by atoms with Crippen LogP contribution in [0.25, 0.3) is 10.9 Å². The molecule has 1 atom stereocenters. The maximum Gasteiger partial charge on any atom is 0.306 e. The Balaban J connectivity index is 2.41. The quantitative estimate of drug-likeness (QED) is 0.851. The van der Waals surface area contributed by atoms with Crippen molar-refractivity contribution in [3.63, 3.8) is 0 Å². The molecule has 16 heavy (non-hydrogen) atoms. The summed E-state index contributed by atoms with van der Waals surface area (Å²) >= 11 is 0. The zero-order valence-electron chi connectivity index (χ0n) is 8.92. The number of rotatable bonds is 3. The van der Waals surface area contributed by atoms with Crippen molar-refractivity contribution in [2.75, 3.05) is 0 Å². The maximum atomic E-state index is 10.8. The van der Waals surface area contributed by atoms with Gasteiger partial charge in [0.25, 0.3) is 0 Å². The summed E-state index contributed by atoms with van der Waals surface area (Å²) in [6.07, 6.45) is 2.12. The predicted octanol–water partition coefficient (Wildman–Crippen LogP) is 1.89. The Morgan fingerprint density at radius 3 is 2.94 bits per heavy atom. The summed E-state index contributed by atoms with van der Waals surface area (Å²) in [4.78, 5) is 10.8. The van der Waals surface area contributed by atoms with Crippen molar-refractivity contribution in [2.45, 2.75) is 13.3 Å². The number of carbonyl (C=O) groups is 1. The number of hydrogen-bond donors (Lipinski definition) is 1. The van der Waals surface area contributed by atoms with Crippen LogP contribution in [0.2, 0.25) is 0 Å². The van der Waals surface area contributed by atoms with E-state index in [9.17, 15) is 4.79 Å². The van der Waals surface area contributed by atoms with Crippen LogP contribution in [0.5, 0.6) is 0 Å². The molecule has 0 aliphatic heterocycles. The fourth-order valence-corrected chi connectivity index (χ4v) is 1.64. The smallest absolute Gasteiger partial charge is 0.306 e. The number of hydrogen-bond acceptors (Lipinski definition) is 3. The third-order valence-electron chi connectivity index (χ3n) is 2.58. The number of aromatic nitrogens is 2. The first-order valence-corrected chi connectivity index (χ1v) is 5.10. The summed E-state index contributed by atoms with van der Waals surface area (Å²) in [5.41, 5.74) is 1.73. The lowest BCUT2D eigenvalue weighted by Crippen LogP contribution is -2.12. The molecule has 1 unspecified atom stereocenters. The molecule has 4 heteroatoms. The highest BCUT2D eigenvalue weighted by Gasteiger charge is 2.13. The minimum absolute atomic E-state index is 0.410. The van der Waals surface area contributed by atoms with Crippen LogP contribution >= 0.6 is 0 Å². The van der Waals surface area contributed by atoms with Crippen LogP contribution in [-0.4, -0.2) is 21.3 Å². The second-order valence-electron chi connectivity index (χ2n) is 3.83. The van der Waals surface area contributed by atoms with Crippen molar-refractivity contribution in [3.05, 3.63) is 36.0 Å². The Morgan fingerprint density at radius 1 is 1.44 bits per heavy atom. The van der Waals surface area contributed by atoms with E-state index < -0.39 is 11.9 Å². The van der Waals surface area contributed by atoms with E-state index in [-0.39, 0.29) is 0 Å². The van der Waals surface area contributed by atoms with Gasteiger partial charge in [0.05, 0.1) is 17.6 Å². The van der Waals surface area contributed by atoms with Gasteiger partial charge in [0, 0.05) is 5.39 Å². The van der Waals surface area contributed by atoms with Crippen molar-refractivity contribution in [1.29, 1.82) is 0 Å². The molecule has 0 radical (unpaired) electrons. The molecule has 2 aromatic rings. The summed E-state index contributed by atoms with van der Waals surface area (Å²) in [6, 6.07) is 7.62. The standard InChI is InChI=1S/C12H12N2O2/c1-8(12(15)16)6-9-7-13-14-11-5-3-2-4-10(9)11/h2-5,7-8H,6H2,1H3,(H,15,16). The van der Waals surface area contributed by atoms with E-state index in [0.717, 1.165) is 16.5 Å². The van der Waals surface area contributed by atoms with Crippen LogP contribution in [0, 0.1) is 5.92 Å². The average Bonchev–Trinajstić information content (AvgIpc) is 2.29. The van der Waals surface area contributed by atoms with Gasteiger partial charge in [0.2, 0.25) is 0 Å². The molecular formula is C12H12N2O2. The molecule has 0 saturated heterocycles. The molecule has 2 rings (SSSR count). The second kappa shape index (κ2) is 4.26. The van der Waals surface area contributed by atoms with E-state index in [2.05, 4.69) is 10.2 Å². The minimum atomic E-state index is -0.791. The Kier molecular flexibility index (Phi) is 2.81. The molecule has 4 nitrogen and oxygen atoms in total. The molecule has 1 N–H and O–H groups in total. The fraction of sp³-hybridized carbons (Fsp3) is 0.250. The lowest BCUT2D eigenvalue weighted by molar-refractivity contribution is -0.141. The lowest BCUT2D eigenvalue weighted by atomic mass is 9.99. The van der Waals surface area contributed by atoms with E-state index >= 15 is 0 Å². The van der Waals surface area contributed by atoms with E-state index in [1.54, 1.807) is 13.1 Å². The van der Waals surface area contributed by atoms with Gasteiger partial charge in [0.1, 0.15) is 0 Å². The topological polar surface area (TPSA) is 63.1 Å². The molecular weight excluding hydrogens is 204 g/mol. The van der Waals surface area contributed by atoms with E-state index in [4.69, 9.17) is 5.11 Å². The molecule has 0 amide bonds. The molecule has 0 bridgehead atoms. The number of fused-ring (bicyclic) bond motifs is 1. The van der Waals surface area contributed by atoms with Crippen LogP contribution in [0.15, 0.2) is 30.5 Å². The number of aliphatic carboxylic acids is 1. The third kappa shape index (κ3) is 2.00. The van der Waals surface area contributed by atoms with Crippen LogP contribution in [0.3, 0.4) is 0 Å². The molecule has 0 aliphatic carbocycles. The number of benzene rings is 1. The van der Waals surface area contributed by atoms with Crippen molar-refractivity contribution in [2.24, 2.45) is 5.92 Å². The van der Waals surface area contributed by atoms with E-state index in [0.29, 0.717) is 6.42 Å². The monoisotopic (exact) mass is 216 g/mol. The van der Waals surface area contributed by atoms with Crippen LogP contribution < -0.4 is 0 Å². The summed E-state index contributed by atoms with van der Waals surface area (Å²) in [5.74, 6) is -1.20. The van der Waals surface area contributed by atoms with Gasteiger partial charge in [-0.1, -0.05) is 25.1 Å². The molecule has 0 aliphatic rings. The van der Waals surface area contributed by atoms with Gasteiger partial charge in [-0.3, -0.25) is 4.79 Å². The SMILES string of the molecule is CC(Cc1cnnc2ccccc12)C(=O)O. The molecule has 82 valence electrons. The maximum absolute atomic E-state index is 10.8. The summed E-state index contributed by atoms with van der Waals surface area (Å²) in [5, 5.41) is 17.7. The molecule has 1 heterocycles. The van der Waals surface area contributed by atoms with Gasteiger partial charge in [-0.25, -0.2) is 0 Å². The fourth-order valence-electron chi connectivity index (χ4n) is 1.64. The Labute approximate surface area is 92.9 Å². The average molecular weight is 216 g/mol. The van der Waals surface area contributed by atoms with Crippen LogP contribution in [0.4, 0.5) is 0 Å². The molecule has 0 fully saturated rings. The molecule has 1 aromatic carbocycles. The highest BCUT2D eigenvalue weighted by atomic mass is 16.4. The number of carboxylic acid groups (broad SMARTS) is 1. The van der Waals surface area contributed by atoms with Crippen LogP contribution in [-0.2, 0) is 11.2 Å². The first-order valence-electron chi connectivity index (χ1n) is 5.10. The van der Waals surface area contributed by atoms with Gasteiger partial charge in [-0.2, -0.15) is 10.2 Å². The predicted molar refractivity (Wildman–Crippen MR) is 60.0 cm³/mol. The van der Waals surface area contributed by atoms with Crippen molar-refractivity contribution >= 4 is 16.9 Å². The first kappa shape index (κ1) is 10.5. The normalized spacial score (nSPS) is 12.6. The zero-order chi connectivity index (χ0) is 11.5. The highest BCUT2D eigenvalue weighted by Crippen LogP contribution is 2.18. The van der Waals surface area contributed by atoms with Gasteiger partial charge < -0.3 is 5.11 Å². The number of carboxylic acids is 1. The van der Waals surface area contributed by atoms with Crippen LogP contribution in [0.1, 0.15) is 12.5 Å². The lowest BCUT2D eigenvalue weighted by Gasteiger charge is -2.07. The zero-order valence-corrected chi connectivity index (χ0v) is 8.92. The first-order chi connectivity index (χ1) is 7.68. The Bertz CT molecular complexity index is 520. The van der Waals surface area contributed by atoms with Crippen molar-refractivity contribution in [3.8, 4) is 0 Å². The minimum Gasteiger partial charge on any atom is -0.481 e. The van der Waals surface area contributed by atoms with Gasteiger partial charge in [-0.15, -0.1) is 0 Å². The molecule has 1 aromatic heterocycles. The molecule has 0 saturated carbocycles. The molecule has 0 spiro atoms. The van der Waals surface area contributed by atoms with E-state index in [1.807, 2.05) is 24.3 Å². The Morgan fingerprint density at radius 2 is 2.19 bits per heavy atom. The van der Waals surface area contributed by atoms with Gasteiger partial charge in [0.15, 0.2) is 0 Å². The summed E-state index contributed by atoms with van der Waals surface area (Å²) < 4.78 is 0. The van der Waals surface area contributed by atoms with E-state index in [1.165, 1.54) is 0 Å². The Hall–Kier alpha value is -1.97.